The van der Waals surface area contributed by atoms with Crippen molar-refractivity contribution in [2.24, 2.45) is 0 Å². The monoisotopic (exact) mass is 497 g/mol. The molecule has 1 N–H and O–H groups in total. The third-order valence-corrected chi connectivity index (χ3v) is 7.55. The zero-order valence-corrected chi connectivity index (χ0v) is 19.9. The Hall–Kier alpha value is -2.73. The van der Waals surface area contributed by atoms with E-state index in [0.29, 0.717) is 36.9 Å². The number of thiazole rings is 1. The molecule has 0 radical (unpaired) electrons. The number of hydrogen-bond acceptors (Lipinski definition) is 9. The van der Waals surface area contributed by atoms with E-state index in [1.807, 2.05) is 65.4 Å². The Morgan fingerprint density at radius 1 is 1.12 bits per heavy atom. The van der Waals surface area contributed by atoms with E-state index >= 15 is 0 Å². The van der Waals surface area contributed by atoms with Crippen molar-refractivity contribution in [3.05, 3.63) is 74.8 Å². The molecule has 0 aliphatic carbocycles. The van der Waals surface area contributed by atoms with Crippen molar-refractivity contribution >= 4 is 57.4 Å². The van der Waals surface area contributed by atoms with E-state index in [0.717, 1.165) is 11.3 Å². The Kier molecular flexibility index (Phi) is 5.96. The average Bonchev–Trinajstić information content (AvgIpc) is 3.43. The number of thioether (sulfide) groups is 2. The highest BCUT2D eigenvalue weighted by molar-refractivity contribution is 7.98. The molecule has 3 aromatic heterocycles. The molecule has 11 heteroatoms. The number of para-hydroxylation sites is 1. The summed E-state index contributed by atoms with van der Waals surface area (Å²) in [6.07, 6.45) is 2.03. The van der Waals surface area contributed by atoms with Crippen LogP contribution in [0.4, 0.5) is 0 Å². The maximum absolute atomic E-state index is 12.6. The van der Waals surface area contributed by atoms with Gasteiger partial charge in [0.2, 0.25) is 11.7 Å². The van der Waals surface area contributed by atoms with Crippen LogP contribution in [-0.4, -0.2) is 30.9 Å². The predicted molar refractivity (Wildman–Crippen MR) is 131 cm³/mol. The summed E-state index contributed by atoms with van der Waals surface area (Å²) in [7, 11) is 0. The molecule has 0 spiro atoms. The lowest BCUT2D eigenvalue weighted by molar-refractivity contribution is 0.391. The molecule has 5 aromatic rings. The Balaban J connectivity index is 1.41. The standard InChI is InChI=1S/C21H15N5O2S4/c1-30-14-9-7-12(8-10-14)17-22-15(28-25-17)11-31-20-23-18-16(19(27)24-20)32-21(29)26(18)13-5-3-2-4-6-13/h2-10H,11H2,1H3,(H,23,24,27). The van der Waals surface area contributed by atoms with Crippen LogP contribution in [0.25, 0.3) is 27.4 Å². The summed E-state index contributed by atoms with van der Waals surface area (Å²) >= 11 is 9.73. The summed E-state index contributed by atoms with van der Waals surface area (Å²) < 4.78 is 8.27. The fourth-order valence-electron chi connectivity index (χ4n) is 3.07. The molecule has 0 atom stereocenters. The number of nitrogens with one attached hydrogen (secondary N) is 1. The van der Waals surface area contributed by atoms with Gasteiger partial charge >= 0.3 is 0 Å². The number of fused-ring (bicyclic) bond motifs is 1. The summed E-state index contributed by atoms with van der Waals surface area (Å²) in [5.41, 5.74) is 2.07. The number of H-pyrrole nitrogens is 1. The van der Waals surface area contributed by atoms with Crippen molar-refractivity contribution in [2.45, 2.75) is 15.8 Å². The largest absolute Gasteiger partial charge is 0.338 e. The molecule has 0 aliphatic rings. The van der Waals surface area contributed by atoms with Crippen LogP contribution in [0.5, 0.6) is 0 Å². The lowest BCUT2D eigenvalue weighted by Crippen LogP contribution is -2.09. The Morgan fingerprint density at radius 3 is 2.66 bits per heavy atom. The van der Waals surface area contributed by atoms with Gasteiger partial charge in [-0.1, -0.05) is 46.5 Å². The molecule has 3 heterocycles. The Labute approximate surface area is 199 Å². The minimum Gasteiger partial charge on any atom is -0.338 e. The second-order valence-electron chi connectivity index (χ2n) is 6.59. The van der Waals surface area contributed by atoms with Gasteiger partial charge in [0.1, 0.15) is 4.70 Å². The molecule has 2 aromatic carbocycles. The molecule has 7 nitrogen and oxygen atoms in total. The highest BCUT2D eigenvalue weighted by Gasteiger charge is 2.15. The molecule has 0 bridgehead atoms. The van der Waals surface area contributed by atoms with Gasteiger partial charge in [-0.15, -0.1) is 11.8 Å². The van der Waals surface area contributed by atoms with E-state index < -0.39 is 0 Å². The van der Waals surface area contributed by atoms with Gasteiger partial charge in [0, 0.05) is 16.1 Å². The molecular formula is C21H15N5O2S4. The van der Waals surface area contributed by atoms with Crippen molar-refractivity contribution < 1.29 is 4.52 Å². The first kappa shape index (κ1) is 21.1. The van der Waals surface area contributed by atoms with Crippen LogP contribution in [-0.2, 0) is 5.75 Å². The first-order chi connectivity index (χ1) is 15.6. The molecule has 0 saturated heterocycles. The van der Waals surface area contributed by atoms with Crippen molar-refractivity contribution in [1.82, 2.24) is 24.7 Å². The van der Waals surface area contributed by atoms with E-state index in [-0.39, 0.29) is 5.56 Å². The van der Waals surface area contributed by atoms with Gasteiger partial charge < -0.3 is 9.51 Å². The molecule has 0 amide bonds. The predicted octanol–water partition coefficient (Wildman–Crippen LogP) is 5.57. The van der Waals surface area contributed by atoms with Gasteiger partial charge in [-0.3, -0.25) is 9.36 Å². The molecule has 32 heavy (non-hydrogen) atoms. The highest BCUT2D eigenvalue weighted by Crippen LogP contribution is 2.26. The first-order valence-corrected chi connectivity index (χ1v) is 12.9. The normalized spacial score (nSPS) is 11.3. The van der Waals surface area contributed by atoms with Crippen molar-refractivity contribution in [2.75, 3.05) is 6.26 Å². The lowest BCUT2D eigenvalue weighted by atomic mass is 10.2. The highest BCUT2D eigenvalue weighted by atomic mass is 32.2. The van der Waals surface area contributed by atoms with E-state index in [1.54, 1.807) is 11.8 Å². The second kappa shape index (κ2) is 9.02. The van der Waals surface area contributed by atoms with Crippen LogP contribution < -0.4 is 5.56 Å². The third-order valence-electron chi connectivity index (χ3n) is 4.58. The van der Waals surface area contributed by atoms with Gasteiger partial charge in [-0.05, 0) is 54.9 Å². The summed E-state index contributed by atoms with van der Waals surface area (Å²) in [6.45, 7) is 0. The van der Waals surface area contributed by atoms with Crippen molar-refractivity contribution in [3.63, 3.8) is 0 Å². The van der Waals surface area contributed by atoms with E-state index in [1.165, 1.54) is 28.0 Å². The van der Waals surface area contributed by atoms with E-state index in [2.05, 4.69) is 20.1 Å². The second-order valence-corrected chi connectivity index (χ2v) is 10.1. The fraction of sp³-hybridized carbons (Fsp3) is 0.0952. The summed E-state index contributed by atoms with van der Waals surface area (Å²) in [6, 6.07) is 17.6. The zero-order chi connectivity index (χ0) is 22.1. The van der Waals surface area contributed by atoms with Crippen LogP contribution in [0, 0.1) is 3.95 Å². The fourth-order valence-corrected chi connectivity index (χ4v) is 5.44. The molecule has 0 saturated carbocycles. The summed E-state index contributed by atoms with van der Waals surface area (Å²) in [5, 5.41) is 4.53. The number of hydrogen-bond donors (Lipinski definition) is 1. The number of nitrogens with zero attached hydrogens (tertiary/aromatic N) is 4. The van der Waals surface area contributed by atoms with E-state index in [9.17, 15) is 4.79 Å². The summed E-state index contributed by atoms with van der Waals surface area (Å²) in [4.78, 5) is 25.7. The Morgan fingerprint density at radius 2 is 1.91 bits per heavy atom. The zero-order valence-electron chi connectivity index (χ0n) is 16.6. The number of rotatable bonds is 6. The van der Waals surface area contributed by atoms with Crippen LogP contribution in [0.2, 0.25) is 0 Å². The van der Waals surface area contributed by atoms with Gasteiger partial charge in [0.05, 0.1) is 5.75 Å². The van der Waals surface area contributed by atoms with E-state index in [4.69, 9.17) is 16.7 Å². The number of aromatic amines is 1. The van der Waals surface area contributed by atoms with Crippen molar-refractivity contribution in [1.29, 1.82) is 0 Å². The van der Waals surface area contributed by atoms with Crippen LogP contribution >= 0.6 is 47.1 Å². The van der Waals surface area contributed by atoms with Crippen LogP contribution in [0.15, 0.2) is 74.0 Å². The topological polar surface area (TPSA) is 89.6 Å². The molecule has 0 aliphatic heterocycles. The van der Waals surface area contributed by atoms with Gasteiger partial charge in [-0.2, -0.15) is 4.98 Å². The maximum Gasteiger partial charge on any atom is 0.271 e. The van der Waals surface area contributed by atoms with Gasteiger partial charge in [0.15, 0.2) is 14.8 Å². The molecule has 0 unspecified atom stereocenters. The smallest absolute Gasteiger partial charge is 0.271 e. The summed E-state index contributed by atoms with van der Waals surface area (Å²) in [5.74, 6) is 1.35. The number of benzene rings is 2. The van der Waals surface area contributed by atoms with Crippen LogP contribution in [0.3, 0.4) is 0 Å². The molecule has 0 fully saturated rings. The minimum atomic E-state index is -0.219. The quantitative estimate of drug-likeness (QED) is 0.185. The minimum absolute atomic E-state index is 0.219. The van der Waals surface area contributed by atoms with Gasteiger partial charge in [0.25, 0.3) is 5.56 Å². The average molecular weight is 498 g/mol. The lowest BCUT2D eigenvalue weighted by Gasteiger charge is -2.04. The molecule has 160 valence electrons. The Bertz CT molecular complexity index is 1500. The van der Waals surface area contributed by atoms with Crippen LogP contribution in [0.1, 0.15) is 5.89 Å². The first-order valence-electron chi connectivity index (χ1n) is 9.43. The third kappa shape index (κ3) is 4.16. The molecule has 5 rings (SSSR count). The van der Waals surface area contributed by atoms with Crippen molar-refractivity contribution in [3.8, 4) is 17.1 Å². The maximum atomic E-state index is 12.6. The molecular weight excluding hydrogens is 483 g/mol. The number of aromatic nitrogens is 5. The van der Waals surface area contributed by atoms with Gasteiger partial charge in [-0.25, -0.2) is 4.98 Å². The SMILES string of the molecule is CSc1ccc(-c2noc(CSc3nc4c(sc(=S)n4-c4ccccc4)c(=O)[nH]3)n2)cc1.